The van der Waals surface area contributed by atoms with E-state index in [1.54, 1.807) is 0 Å². The van der Waals surface area contributed by atoms with Crippen LogP contribution in [-0.4, -0.2) is 41.7 Å². The first-order valence-electron chi connectivity index (χ1n) is 8.92. The monoisotopic (exact) mass is 339 g/mol. The lowest BCUT2D eigenvalue weighted by atomic mass is 10.1. The summed E-state index contributed by atoms with van der Waals surface area (Å²) >= 11 is 0. The Bertz CT molecular complexity index is 372. The maximum atomic E-state index is 5.86. The van der Waals surface area contributed by atoms with Crippen molar-refractivity contribution in [3.05, 3.63) is 35.9 Å². The quantitative estimate of drug-likeness (QED) is 0.415. The summed E-state index contributed by atoms with van der Waals surface area (Å²) in [7, 11) is -2.46. The molecule has 1 rings (SSSR count). The Kier molecular flexibility index (Phi) is 11.2. The van der Waals surface area contributed by atoms with Crippen LogP contribution in [0.3, 0.4) is 0 Å². The Labute approximate surface area is 142 Å². The van der Waals surface area contributed by atoms with Crippen LogP contribution < -0.4 is 5.32 Å². The molecule has 0 aromatic heterocycles. The fourth-order valence-electron chi connectivity index (χ4n) is 2.62. The van der Waals surface area contributed by atoms with Gasteiger partial charge < -0.3 is 18.6 Å². The van der Waals surface area contributed by atoms with E-state index in [9.17, 15) is 0 Å². The van der Waals surface area contributed by atoms with Crippen LogP contribution in [0.25, 0.3) is 0 Å². The summed E-state index contributed by atoms with van der Waals surface area (Å²) in [5, 5.41) is 3.51. The van der Waals surface area contributed by atoms with Gasteiger partial charge in [-0.05, 0) is 58.7 Å². The van der Waals surface area contributed by atoms with Gasteiger partial charge in [-0.3, -0.25) is 0 Å². The average molecular weight is 340 g/mol. The van der Waals surface area contributed by atoms with E-state index >= 15 is 0 Å². The van der Waals surface area contributed by atoms with Gasteiger partial charge in [-0.2, -0.15) is 0 Å². The van der Waals surface area contributed by atoms with Crippen molar-refractivity contribution < 1.29 is 13.3 Å². The third-order valence-electron chi connectivity index (χ3n) is 3.59. The molecule has 0 amide bonds. The highest BCUT2D eigenvalue weighted by Gasteiger charge is 2.39. The molecule has 0 unspecified atom stereocenters. The van der Waals surface area contributed by atoms with Crippen LogP contribution in [-0.2, 0) is 19.7 Å². The van der Waals surface area contributed by atoms with Crippen LogP contribution in [0.2, 0.25) is 6.04 Å². The Morgan fingerprint density at radius 2 is 1.39 bits per heavy atom. The van der Waals surface area contributed by atoms with Gasteiger partial charge in [0, 0.05) is 25.9 Å². The van der Waals surface area contributed by atoms with Crippen molar-refractivity contribution in [1.29, 1.82) is 0 Å². The smallest absolute Gasteiger partial charge is 0.374 e. The van der Waals surface area contributed by atoms with Crippen molar-refractivity contribution in [2.75, 3.05) is 32.9 Å². The minimum absolute atomic E-state index is 0.650. The van der Waals surface area contributed by atoms with Gasteiger partial charge in [-0.1, -0.05) is 30.3 Å². The molecule has 0 bridgehead atoms. The fraction of sp³-hybridized carbons (Fsp3) is 0.667. The Hall–Kier alpha value is -0.723. The SMILES string of the molecule is CCO[Si](CCCNCCCc1ccccc1)(OCC)OCC. The van der Waals surface area contributed by atoms with Crippen LogP contribution in [0.5, 0.6) is 0 Å². The summed E-state index contributed by atoms with van der Waals surface area (Å²) in [6, 6.07) is 11.5. The van der Waals surface area contributed by atoms with Gasteiger partial charge in [-0.15, -0.1) is 0 Å². The maximum absolute atomic E-state index is 5.86. The highest BCUT2D eigenvalue weighted by atomic mass is 28.4. The zero-order chi connectivity index (χ0) is 16.8. The first-order valence-corrected chi connectivity index (χ1v) is 10.9. The minimum atomic E-state index is -2.46. The van der Waals surface area contributed by atoms with E-state index in [1.807, 2.05) is 20.8 Å². The molecule has 23 heavy (non-hydrogen) atoms. The lowest BCUT2D eigenvalue weighted by Gasteiger charge is -2.28. The number of hydrogen-bond acceptors (Lipinski definition) is 4. The third-order valence-corrected chi connectivity index (χ3v) is 6.74. The third kappa shape index (κ3) is 8.63. The molecule has 0 atom stereocenters. The number of hydrogen-bond donors (Lipinski definition) is 1. The van der Waals surface area contributed by atoms with Crippen LogP contribution in [0.4, 0.5) is 0 Å². The molecule has 0 radical (unpaired) electrons. The first-order chi connectivity index (χ1) is 11.3. The molecule has 4 nitrogen and oxygen atoms in total. The normalized spacial score (nSPS) is 11.8. The van der Waals surface area contributed by atoms with Gasteiger partial charge in [0.1, 0.15) is 0 Å². The van der Waals surface area contributed by atoms with Crippen LogP contribution in [0.1, 0.15) is 39.2 Å². The lowest BCUT2D eigenvalue weighted by Crippen LogP contribution is -2.46. The topological polar surface area (TPSA) is 39.7 Å². The molecule has 0 aliphatic heterocycles. The van der Waals surface area contributed by atoms with Crippen molar-refractivity contribution in [1.82, 2.24) is 5.32 Å². The molecule has 1 N–H and O–H groups in total. The molecule has 0 fully saturated rings. The van der Waals surface area contributed by atoms with Crippen LogP contribution in [0.15, 0.2) is 30.3 Å². The molecule has 0 saturated carbocycles. The van der Waals surface area contributed by atoms with Crippen LogP contribution in [0, 0.1) is 0 Å². The van der Waals surface area contributed by atoms with Gasteiger partial charge >= 0.3 is 8.80 Å². The van der Waals surface area contributed by atoms with Crippen molar-refractivity contribution >= 4 is 8.80 Å². The summed E-state index contributed by atoms with van der Waals surface area (Å²) in [4.78, 5) is 0. The van der Waals surface area contributed by atoms with E-state index in [0.29, 0.717) is 19.8 Å². The highest BCUT2D eigenvalue weighted by molar-refractivity contribution is 6.60. The second-order valence-corrected chi connectivity index (χ2v) is 8.16. The fourth-order valence-corrected chi connectivity index (χ4v) is 5.23. The van der Waals surface area contributed by atoms with E-state index in [-0.39, 0.29) is 0 Å². The van der Waals surface area contributed by atoms with E-state index in [4.69, 9.17) is 13.3 Å². The number of rotatable bonds is 14. The molecule has 1 aromatic carbocycles. The Morgan fingerprint density at radius 1 is 0.826 bits per heavy atom. The zero-order valence-corrected chi connectivity index (χ0v) is 16.0. The van der Waals surface area contributed by atoms with E-state index < -0.39 is 8.80 Å². The molecule has 1 aromatic rings. The standard InChI is InChI=1S/C18H33NO3Si/c1-4-20-23(21-5-2,22-6-3)17-11-16-19-15-10-14-18-12-8-7-9-13-18/h7-9,12-13,19H,4-6,10-11,14-17H2,1-3H3. The summed E-state index contributed by atoms with van der Waals surface area (Å²) in [6.45, 7) is 9.98. The van der Waals surface area contributed by atoms with Gasteiger partial charge in [0.05, 0.1) is 0 Å². The molecule has 0 aliphatic rings. The number of aryl methyl sites for hydroxylation is 1. The molecular formula is C18H33NO3Si. The largest absolute Gasteiger partial charge is 0.500 e. The predicted molar refractivity (Wildman–Crippen MR) is 97.7 cm³/mol. The van der Waals surface area contributed by atoms with Gasteiger partial charge in [0.15, 0.2) is 0 Å². The summed E-state index contributed by atoms with van der Waals surface area (Å²) in [5.74, 6) is 0. The summed E-state index contributed by atoms with van der Waals surface area (Å²) in [5.41, 5.74) is 1.41. The summed E-state index contributed by atoms with van der Waals surface area (Å²) in [6.07, 6.45) is 3.32. The van der Waals surface area contributed by atoms with Crippen molar-refractivity contribution in [3.63, 3.8) is 0 Å². The minimum Gasteiger partial charge on any atom is -0.374 e. The number of benzene rings is 1. The van der Waals surface area contributed by atoms with Gasteiger partial charge in [-0.25, -0.2) is 0 Å². The van der Waals surface area contributed by atoms with E-state index in [1.165, 1.54) is 5.56 Å². The maximum Gasteiger partial charge on any atom is 0.500 e. The van der Waals surface area contributed by atoms with Gasteiger partial charge in [0.2, 0.25) is 0 Å². The Morgan fingerprint density at radius 3 is 1.96 bits per heavy atom. The Balaban J connectivity index is 2.17. The lowest BCUT2D eigenvalue weighted by molar-refractivity contribution is 0.0708. The molecule has 5 heteroatoms. The molecule has 0 heterocycles. The first kappa shape index (κ1) is 20.3. The molecule has 0 saturated heterocycles. The van der Waals surface area contributed by atoms with Crippen molar-refractivity contribution in [3.8, 4) is 0 Å². The van der Waals surface area contributed by atoms with Gasteiger partial charge in [0.25, 0.3) is 0 Å². The second-order valence-electron chi connectivity index (χ2n) is 5.42. The van der Waals surface area contributed by atoms with Crippen molar-refractivity contribution in [2.24, 2.45) is 0 Å². The van der Waals surface area contributed by atoms with E-state index in [0.717, 1.165) is 38.4 Å². The average Bonchev–Trinajstić information content (AvgIpc) is 2.56. The molecular weight excluding hydrogens is 306 g/mol. The zero-order valence-electron chi connectivity index (χ0n) is 15.0. The van der Waals surface area contributed by atoms with E-state index in [2.05, 4.69) is 35.6 Å². The summed E-state index contributed by atoms with van der Waals surface area (Å²) < 4.78 is 17.6. The van der Waals surface area contributed by atoms with Crippen molar-refractivity contribution in [2.45, 2.75) is 46.1 Å². The highest BCUT2D eigenvalue weighted by Crippen LogP contribution is 2.17. The molecule has 132 valence electrons. The molecule has 0 aliphatic carbocycles. The second kappa shape index (κ2) is 12.7. The molecule has 0 spiro atoms. The predicted octanol–water partition coefficient (Wildman–Crippen LogP) is 3.65. The van der Waals surface area contributed by atoms with Crippen LogP contribution >= 0.6 is 0 Å². The number of nitrogens with one attached hydrogen (secondary N) is 1.